The van der Waals surface area contributed by atoms with Crippen LogP contribution in [-0.4, -0.2) is 17.7 Å². The lowest BCUT2D eigenvalue weighted by Gasteiger charge is -2.21. The van der Waals surface area contributed by atoms with Gasteiger partial charge < -0.3 is 15.4 Å². The molecule has 1 atom stereocenters. The maximum atomic E-state index is 11.9. The van der Waals surface area contributed by atoms with Crippen molar-refractivity contribution in [3.05, 3.63) is 65.2 Å². The number of benzene rings is 2. The maximum Gasteiger partial charge on any atom is 0.338 e. The summed E-state index contributed by atoms with van der Waals surface area (Å²) in [6.07, 6.45) is 0.910. The molecule has 2 N–H and O–H groups in total. The molecule has 0 amide bonds. The number of thiocarbonyl (C=S) groups is 1. The number of esters is 1. The van der Waals surface area contributed by atoms with Gasteiger partial charge in [0.1, 0.15) is 0 Å². The Morgan fingerprint density at radius 1 is 1.16 bits per heavy atom. The third-order valence-corrected chi connectivity index (χ3v) is 4.13. The lowest BCUT2D eigenvalue weighted by atomic mass is 10.1. The third kappa shape index (κ3) is 5.29. The van der Waals surface area contributed by atoms with Gasteiger partial charge in [-0.2, -0.15) is 0 Å². The second-order valence-corrected chi connectivity index (χ2v) is 6.13. The van der Waals surface area contributed by atoms with E-state index in [1.54, 1.807) is 19.1 Å². The number of nitrogens with one attached hydrogen (secondary N) is 2. The van der Waals surface area contributed by atoms with Crippen LogP contribution in [0.5, 0.6) is 0 Å². The van der Waals surface area contributed by atoms with Gasteiger partial charge in [0.15, 0.2) is 5.11 Å². The van der Waals surface area contributed by atoms with Gasteiger partial charge in [0.2, 0.25) is 0 Å². The number of aryl methyl sites for hydroxylation is 1. The van der Waals surface area contributed by atoms with Gasteiger partial charge in [-0.3, -0.25) is 0 Å². The van der Waals surface area contributed by atoms with E-state index in [0.717, 1.165) is 17.7 Å². The average molecular weight is 356 g/mol. The fourth-order valence-corrected chi connectivity index (χ4v) is 2.77. The largest absolute Gasteiger partial charge is 0.462 e. The van der Waals surface area contributed by atoms with Crippen molar-refractivity contribution in [1.82, 2.24) is 5.32 Å². The van der Waals surface area contributed by atoms with E-state index in [2.05, 4.69) is 29.7 Å². The fourth-order valence-electron chi connectivity index (χ4n) is 2.52. The molecule has 0 aliphatic heterocycles. The predicted molar refractivity (Wildman–Crippen MR) is 106 cm³/mol. The van der Waals surface area contributed by atoms with Crippen LogP contribution in [0.1, 0.15) is 47.8 Å². The van der Waals surface area contributed by atoms with E-state index < -0.39 is 0 Å². The first-order chi connectivity index (χ1) is 12.0. The number of hydrogen-bond acceptors (Lipinski definition) is 3. The number of rotatable bonds is 6. The quantitative estimate of drug-likeness (QED) is 0.585. The molecular weight excluding hydrogens is 332 g/mol. The third-order valence-electron chi connectivity index (χ3n) is 3.91. The zero-order chi connectivity index (χ0) is 18.2. The summed E-state index contributed by atoms with van der Waals surface area (Å²) in [6, 6.07) is 15.7. The highest BCUT2D eigenvalue weighted by molar-refractivity contribution is 7.80. The summed E-state index contributed by atoms with van der Waals surface area (Å²) in [4.78, 5) is 11.9. The SMILES string of the molecule is CCOC(=O)c1ccc(C)c(NC(=S)N[C@H](CC)c2ccccc2)c1. The Balaban J connectivity index is 2.09. The maximum absolute atomic E-state index is 11.9. The average Bonchev–Trinajstić information content (AvgIpc) is 2.62. The van der Waals surface area contributed by atoms with Gasteiger partial charge in [0, 0.05) is 5.69 Å². The molecule has 0 heterocycles. The molecule has 5 heteroatoms. The summed E-state index contributed by atoms with van der Waals surface area (Å²) in [5.41, 5.74) is 3.50. The van der Waals surface area contributed by atoms with Crippen molar-refractivity contribution in [3.8, 4) is 0 Å². The highest BCUT2D eigenvalue weighted by atomic mass is 32.1. The lowest BCUT2D eigenvalue weighted by molar-refractivity contribution is 0.0526. The van der Waals surface area contributed by atoms with Crippen LogP contribution in [0.2, 0.25) is 0 Å². The first-order valence-electron chi connectivity index (χ1n) is 8.45. The molecule has 0 unspecified atom stereocenters. The molecule has 132 valence electrons. The van der Waals surface area contributed by atoms with Crippen LogP contribution in [0.4, 0.5) is 5.69 Å². The van der Waals surface area contributed by atoms with Gasteiger partial charge in [-0.25, -0.2) is 4.79 Å². The summed E-state index contributed by atoms with van der Waals surface area (Å²) in [6.45, 7) is 6.22. The van der Waals surface area contributed by atoms with Gasteiger partial charge >= 0.3 is 5.97 Å². The number of ether oxygens (including phenoxy) is 1. The Hall–Kier alpha value is -2.40. The van der Waals surface area contributed by atoms with Crippen LogP contribution in [-0.2, 0) is 4.74 Å². The molecule has 2 aromatic carbocycles. The molecule has 0 aliphatic carbocycles. The molecule has 0 bridgehead atoms. The van der Waals surface area contributed by atoms with Gasteiger partial charge in [-0.1, -0.05) is 43.3 Å². The fraction of sp³-hybridized carbons (Fsp3) is 0.300. The second-order valence-electron chi connectivity index (χ2n) is 5.72. The molecule has 0 fully saturated rings. The van der Waals surface area contributed by atoms with Gasteiger partial charge in [-0.15, -0.1) is 0 Å². The predicted octanol–water partition coefficient (Wildman–Crippen LogP) is 4.61. The molecule has 0 aromatic heterocycles. The first-order valence-corrected chi connectivity index (χ1v) is 8.86. The molecule has 0 spiro atoms. The van der Waals surface area contributed by atoms with Crippen LogP contribution in [0.15, 0.2) is 48.5 Å². The Labute approximate surface area is 154 Å². The van der Waals surface area contributed by atoms with Crippen molar-refractivity contribution in [2.75, 3.05) is 11.9 Å². The van der Waals surface area contributed by atoms with E-state index in [-0.39, 0.29) is 12.0 Å². The molecule has 0 aliphatic rings. The van der Waals surface area contributed by atoms with Crippen molar-refractivity contribution in [2.24, 2.45) is 0 Å². The molecule has 4 nitrogen and oxygen atoms in total. The van der Waals surface area contributed by atoms with E-state index in [0.29, 0.717) is 17.3 Å². The van der Waals surface area contributed by atoms with E-state index >= 15 is 0 Å². The monoisotopic (exact) mass is 356 g/mol. The highest BCUT2D eigenvalue weighted by Gasteiger charge is 2.13. The van der Waals surface area contributed by atoms with Crippen molar-refractivity contribution in [3.63, 3.8) is 0 Å². The van der Waals surface area contributed by atoms with E-state index in [4.69, 9.17) is 17.0 Å². The minimum absolute atomic E-state index is 0.134. The summed E-state index contributed by atoms with van der Waals surface area (Å²) in [5, 5.41) is 7.06. The van der Waals surface area contributed by atoms with E-state index in [1.165, 1.54) is 5.56 Å². The normalized spacial score (nSPS) is 11.5. The minimum Gasteiger partial charge on any atom is -0.462 e. The standard InChI is InChI=1S/C20H24N2O2S/c1-4-17(15-9-7-6-8-10-15)21-20(25)22-18-13-16(12-11-14(18)3)19(23)24-5-2/h6-13,17H,4-5H2,1-3H3,(H2,21,22,25)/t17-/m1/s1. The number of carbonyl (C=O) groups excluding carboxylic acids is 1. The zero-order valence-corrected chi connectivity index (χ0v) is 15.7. The van der Waals surface area contributed by atoms with Crippen molar-refractivity contribution in [1.29, 1.82) is 0 Å². The van der Waals surface area contributed by atoms with Crippen molar-refractivity contribution < 1.29 is 9.53 Å². The first kappa shape index (κ1) is 18.9. The van der Waals surface area contributed by atoms with Crippen LogP contribution in [0.3, 0.4) is 0 Å². The van der Waals surface area contributed by atoms with E-state index in [9.17, 15) is 4.79 Å². The van der Waals surface area contributed by atoms with Crippen molar-refractivity contribution >= 4 is 29.0 Å². The van der Waals surface area contributed by atoms with Gasteiger partial charge in [0.05, 0.1) is 18.2 Å². The lowest BCUT2D eigenvalue weighted by Crippen LogP contribution is -2.32. The zero-order valence-electron chi connectivity index (χ0n) is 14.8. The molecule has 2 rings (SSSR count). The number of anilines is 1. The smallest absolute Gasteiger partial charge is 0.338 e. The summed E-state index contributed by atoms with van der Waals surface area (Å²) in [5.74, 6) is -0.333. The van der Waals surface area contributed by atoms with Crippen LogP contribution in [0, 0.1) is 6.92 Å². The summed E-state index contributed by atoms with van der Waals surface area (Å²) < 4.78 is 5.05. The Morgan fingerprint density at radius 3 is 2.52 bits per heavy atom. The Bertz CT molecular complexity index is 732. The van der Waals surface area contributed by atoms with Crippen LogP contribution < -0.4 is 10.6 Å². The molecule has 25 heavy (non-hydrogen) atoms. The van der Waals surface area contributed by atoms with Crippen LogP contribution in [0.25, 0.3) is 0 Å². The van der Waals surface area contributed by atoms with E-state index in [1.807, 2.05) is 31.2 Å². The summed E-state index contributed by atoms with van der Waals surface area (Å²) in [7, 11) is 0. The van der Waals surface area contributed by atoms with Gasteiger partial charge in [0.25, 0.3) is 0 Å². The number of carbonyl (C=O) groups is 1. The van der Waals surface area contributed by atoms with Crippen molar-refractivity contribution in [2.45, 2.75) is 33.2 Å². The molecular formula is C20H24N2O2S. The Morgan fingerprint density at radius 2 is 1.88 bits per heavy atom. The second kappa shape index (κ2) is 9.18. The highest BCUT2D eigenvalue weighted by Crippen LogP contribution is 2.19. The minimum atomic E-state index is -0.333. The molecule has 0 saturated heterocycles. The van der Waals surface area contributed by atoms with Gasteiger partial charge in [-0.05, 0) is 55.7 Å². The molecule has 0 saturated carbocycles. The Kier molecular flexibility index (Phi) is 6.95. The summed E-state index contributed by atoms with van der Waals surface area (Å²) >= 11 is 5.46. The number of hydrogen-bond donors (Lipinski definition) is 2. The molecule has 2 aromatic rings. The topological polar surface area (TPSA) is 50.4 Å². The van der Waals surface area contributed by atoms with Crippen LogP contribution >= 0.6 is 12.2 Å². The molecule has 0 radical (unpaired) electrons.